The second-order valence-electron chi connectivity index (χ2n) is 5.12. The van der Waals surface area contributed by atoms with Crippen LogP contribution in [0.2, 0.25) is 0 Å². The maximum Gasteiger partial charge on any atom is 0.129 e. The van der Waals surface area contributed by atoms with Gasteiger partial charge in [-0.15, -0.1) is 0 Å². The lowest BCUT2D eigenvalue weighted by Crippen LogP contribution is -2.30. The average Bonchev–Trinajstić information content (AvgIpc) is 2.41. The Morgan fingerprint density at radius 2 is 1.85 bits per heavy atom. The second kappa shape index (κ2) is 6.62. The molecule has 0 bridgehead atoms. The van der Waals surface area contributed by atoms with E-state index in [0.717, 1.165) is 12.5 Å². The molecule has 0 radical (unpaired) electrons. The van der Waals surface area contributed by atoms with Crippen molar-refractivity contribution in [1.29, 1.82) is 0 Å². The van der Waals surface area contributed by atoms with Crippen LogP contribution < -0.4 is 5.32 Å². The van der Waals surface area contributed by atoms with Crippen molar-refractivity contribution in [1.82, 2.24) is 5.32 Å². The Morgan fingerprint density at radius 1 is 1.05 bits per heavy atom. The second-order valence-corrected chi connectivity index (χ2v) is 5.12. The van der Waals surface area contributed by atoms with Crippen LogP contribution in [-0.4, -0.2) is 13.1 Å². The molecule has 0 aliphatic heterocycles. The highest BCUT2D eigenvalue weighted by Crippen LogP contribution is 2.14. The quantitative estimate of drug-likeness (QED) is 0.878. The molecule has 106 valence electrons. The molecule has 0 heterocycles. The highest BCUT2D eigenvalue weighted by molar-refractivity contribution is 5.24. The van der Waals surface area contributed by atoms with E-state index in [4.69, 9.17) is 0 Å². The average molecular weight is 275 g/mol. The van der Waals surface area contributed by atoms with Crippen molar-refractivity contribution in [2.24, 2.45) is 0 Å². The molecule has 0 saturated heterocycles. The SMILES string of the molecule is CNC(Cc1cccc(C)c1)Cc1ccc(F)cc1F. The van der Waals surface area contributed by atoms with Crippen LogP contribution in [0.4, 0.5) is 8.78 Å². The molecule has 1 unspecified atom stereocenters. The zero-order chi connectivity index (χ0) is 14.5. The predicted octanol–water partition coefficient (Wildman–Crippen LogP) is 3.65. The monoisotopic (exact) mass is 275 g/mol. The van der Waals surface area contributed by atoms with Gasteiger partial charge in [0, 0.05) is 12.1 Å². The predicted molar refractivity (Wildman–Crippen MR) is 77.8 cm³/mol. The van der Waals surface area contributed by atoms with Gasteiger partial charge in [-0.05, 0) is 44.0 Å². The number of halogens is 2. The van der Waals surface area contributed by atoms with E-state index in [1.807, 2.05) is 13.1 Å². The summed E-state index contributed by atoms with van der Waals surface area (Å²) in [4.78, 5) is 0. The van der Waals surface area contributed by atoms with Crippen molar-refractivity contribution in [3.8, 4) is 0 Å². The summed E-state index contributed by atoms with van der Waals surface area (Å²) in [6.07, 6.45) is 1.35. The first kappa shape index (κ1) is 14.7. The summed E-state index contributed by atoms with van der Waals surface area (Å²) < 4.78 is 26.6. The van der Waals surface area contributed by atoms with Gasteiger partial charge in [0.25, 0.3) is 0 Å². The van der Waals surface area contributed by atoms with Crippen LogP contribution >= 0.6 is 0 Å². The van der Waals surface area contributed by atoms with E-state index in [1.54, 1.807) is 0 Å². The van der Waals surface area contributed by atoms with Crippen LogP contribution in [0.15, 0.2) is 42.5 Å². The largest absolute Gasteiger partial charge is 0.316 e. The maximum absolute atomic E-state index is 13.7. The van der Waals surface area contributed by atoms with E-state index < -0.39 is 11.6 Å². The Morgan fingerprint density at radius 3 is 2.50 bits per heavy atom. The first-order chi connectivity index (χ1) is 9.58. The molecule has 0 aliphatic carbocycles. The lowest BCUT2D eigenvalue weighted by atomic mass is 9.98. The van der Waals surface area contributed by atoms with Crippen LogP contribution in [0, 0.1) is 18.6 Å². The fraction of sp³-hybridized carbons (Fsp3) is 0.294. The molecule has 1 atom stereocenters. The summed E-state index contributed by atoms with van der Waals surface area (Å²) in [7, 11) is 1.86. The first-order valence-corrected chi connectivity index (χ1v) is 6.75. The summed E-state index contributed by atoms with van der Waals surface area (Å²) in [5, 5.41) is 3.20. The molecule has 1 nitrogen and oxygen atoms in total. The summed E-state index contributed by atoms with van der Waals surface area (Å²) in [6.45, 7) is 2.05. The standard InChI is InChI=1S/C17H19F2N/c1-12-4-3-5-13(8-12)9-16(20-2)10-14-6-7-15(18)11-17(14)19/h3-8,11,16,20H,9-10H2,1-2H3. The highest BCUT2D eigenvalue weighted by atomic mass is 19.1. The van der Waals surface area contributed by atoms with E-state index in [2.05, 4.69) is 30.4 Å². The molecule has 20 heavy (non-hydrogen) atoms. The van der Waals surface area contributed by atoms with Crippen molar-refractivity contribution in [3.05, 3.63) is 70.8 Å². The van der Waals surface area contributed by atoms with Gasteiger partial charge < -0.3 is 5.32 Å². The molecule has 0 fully saturated rings. The number of benzene rings is 2. The molecule has 3 heteroatoms. The Balaban J connectivity index is 2.09. The third kappa shape index (κ3) is 3.87. The van der Waals surface area contributed by atoms with Gasteiger partial charge in [0.05, 0.1) is 0 Å². The molecule has 0 aliphatic rings. The molecule has 0 spiro atoms. The topological polar surface area (TPSA) is 12.0 Å². The fourth-order valence-electron chi connectivity index (χ4n) is 2.35. The van der Waals surface area contributed by atoms with E-state index >= 15 is 0 Å². The molecule has 2 aromatic carbocycles. The highest BCUT2D eigenvalue weighted by Gasteiger charge is 2.12. The van der Waals surface area contributed by atoms with Crippen LogP contribution in [0.25, 0.3) is 0 Å². The number of hydrogen-bond acceptors (Lipinski definition) is 1. The summed E-state index contributed by atoms with van der Waals surface area (Å²) in [5.74, 6) is -1.01. The number of likely N-dealkylation sites (N-methyl/N-ethyl adjacent to an activating group) is 1. The molecule has 1 N–H and O–H groups in total. The Labute approximate surface area is 118 Å². The van der Waals surface area contributed by atoms with Gasteiger partial charge in [0.2, 0.25) is 0 Å². The third-order valence-corrected chi connectivity index (χ3v) is 3.45. The summed E-state index contributed by atoms with van der Waals surface area (Å²) >= 11 is 0. The molecular weight excluding hydrogens is 256 g/mol. The van der Waals surface area contributed by atoms with Crippen molar-refractivity contribution < 1.29 is 8.78 Å². The molecular formula is C17H19F2N. The number of hydrogen-bond donors (Lipinski definition) is 1. The lowest BCUT2D eigenvalue weighted by Gasteiger charge is -2.17. The van der Waals surface area contributed by atoms with Gasteiger partial charge in [-0.1, -0.05) is 35.9 Å². The van der Waals surface area contributed by atoms with E-state index in [-0.39, 0.29) is 6.04 Å². The molecule has 2 rings (SSSR count). The number of rotatable bonds is 5. The van der Waals surface area contributed by atoms with E-state index in [1.165, 1.54) is 23.3 Å². The van der Waals surface area contributed by atoms with Crippen molar-refractivity contribution in [3.63, 3.8) is 0 Å². The normalized spacial score (nSPS) is 12.4. The molecule has 0 saturated carbocycles. The zero-order valence-corrected chi connectivity index (χ0v) is 11.8. The van der Waals surface area contributed by atoms with E-state index in [0.29, 0.717) is 12.0 Å². The molecule has 0 amide bonds. The number of nitrogens with one attached hydrogen (secondary N) is 1. The first-order valence-electron chi connectivity index (χ1n) is 6.75. The fourth-order valence-corrected chi connectivity index (χ4v) is 2.35. The Kier molecular flexibility index (Phi) is 4.85. The third-order valence-electron chi connectivity index (χ3n) is 3.45. The van der Waals surface area contributed by atoms with Gasteiger partial charge in [-0.3, -0.25) is 0 Å². The van der Waals surface area contributed by atoms with Crippen molar-refractivity contribution in [2.75, 3.05) is 7.05 Å². The van der Waals surface area contributed by atoms with Gasteiger partial charge >= 0.3 is 0 Å². The van der Waals surface area contributed by atoms with Crippen molar-refractivity contribution in [2.45, 2.75) is 25.8 Å². The smallest absolute Gasteiger partial charge is 0.129 e. The summed E-state index contributed by atoms with van der Waals surface area (Å²) in [5.41, 5.74) is 2.97. The van der Waals surface area contributed by atoms with Crippen LogP contribution in [0.3, 0.4) is 0 Å². The lowest BCUT2D eigenvalue weighted by molar-refractivity contribution is 0.524. The Hall–Kier alpha value is -1.74. The number of aryl methyl sites for hydroxylation is 1. The van der Waals surface area contributed by atoms with Gasteiger partial charge in [-0.2, -0.15) is 0 Å². The van der Waals surface area contributed by atoms with Gasteiger partial charge in [0.15, 0.2) is 0 Å². The minimum atomic E-state index is -0.536. The van der Waals surface area contributed by atoms with Crippen LogP contribution in [-0.2, 0) is 12.8 Å². The molecule has 2 aromatic rings. The van der Waals surface area contributed by atoms with Gasteiger partial charge in [0.1, 0.15) is 11.6 Å². The maximum atomic E-state index is 13.7. The van der Waals surface area contributed by atoms with Crippen LogP contribution in [0.1, 0.15) is 16.7 Å². The van der Waals surface area contributed by atoms with E-state index in [9.17, 15) is 8.78 Å². The Bertz CT molecular complexity index is 581. The minimum absolute atomic E-state index is 0.122. The van der Waals surface area contributed by atoms with Gasteiger partial charge in [-0.25, -0.2) is 8.78 Å². The minimum Gasteiger partial charge on any atom is -0.316 e. The summed E-state index contributed by atoms with van der Waals surface area (Å²) in [6, 6.07) is 12.2. The van der Waals surface area contributed by atoms with Crippen molar-refractivity contribution >= 4 is 0 Å². The zero-order valence-electron chi connectivity index (χ0n) is 11.8. The van der Waals surface area contributed by atoms with Crippen LogP contribution in [0.5, 0.6) is 0 Å². The molecule has 0 aromatic heterocycles.